The van der Waals surface area contributed by atoms with Crippen molar-refractivity contribution in [2.24, 2.45) is 11.1 Å². The van der Waals surface area contributed by atoms with Crippen LogP contribution in [-0.4, -0.2) is 13.1 Å². The molecule has 2 nitrogen and oxygen atoms in total. The molecule has 1 spiro atoms. The summed E-state index contributed by atoms with van der Waals surface area (Å²) in [5.41, 5.74) is 8.27. The Kier molecular flexibility index (Phi) is 4.21. The highest BCUT2D eigenvalue weighted by atomic mass is 19.1. The van der Waals surface area contributed by atoms with Crippen LogP contribution in [-0.2, 0) is 0 Å². The Morgan fingerprint density at radius 2 is 1.76 bits per heavy atom. The van der Waals surface area contributed by atoms with Crippen LogP contribution in [0.5, 0.6) is 0 Å². The van der Waals surface area contributed by atoms with Crippen LogP contribution in [0.3, 0.4) is 0 Å². The Labute approximate surface area is 127 Å². The number of nitrogens with two attached hydrogens (primary N) is 1. The number of hydrogen-bond donors (Lipinski definition) is 1. The highest BCUT2D eigenvalue weighted by molar-refractivity contribution is 5.56. The van der Waals surface area contributed by atoms with E-state index >= 15 is 0 Å². The lowest BCUT2D eigenvalue weighted by Gasteiger charge is -2.45. The van der Waals surface area contributed by atoms with Gasteiger partial charge >= 0.3 is 0 Å². The summed E-state index contributed by atoms with van der Waals surface area (Å²) < 4.78 is 14.3. The fraction of sp³-hybridized carbons (Fsp3) is 0.667. The fourth-order valence-corrected chi connectivity index (χ4v) is 4.24. The maximum absolute atomic E-state index is 14.3. The summed E-state index contributed by atoms with van der Waals surface area (Å²) in [4.78, 5) is 2.23. The Balaban J connectivity index is 1.78. The van der Waals surface area contributed by atoms with Crippen molar-refractivity contribution < 1.29 is 4.39 Å². The normalized spacial score (nSPS) is 23.3. The number of para-hydroxylation sites is 1. The minimum atomic E-state index is -0.124. The molecule has 0 unspecified atom stereocenters. The number of nitrogens with zero attached hydrogens (tertiary/aromatic N) is 1. The maximum atomic E-state index is 14.3. The number of piperidine rings is 1. The number of halogens is 1. The van der Waals surface area contributed by atoms with E-state index in [9.17, 15) is 4.39 Å². The SMILES string of the molecule is C[C@@H](N)c1cccc(F)c1N1CCC2(CCCCC2)CC1. The van der Waals surface area contributed by atoms with Gasteiger partial charge in [-0.2, -0.15) is 0 Å². The molecule has 2 fully saturated rings. The number of rotatable bonds is 2. The third-order valence-electron chi connectivity index (χ3n) is 5.56. The molecule has 1 heterocycles. The first-order chi connectivity index (χ1) is 10.1. The van der Waals surface area contributed by atoms with Gasteiger partial charge in [0.15, 0.2) is 0 Å². The lowest BCUT2D eigenvalue weighted by Crippen LogP contribution is -2.42. The van der Waals surface area contributed by atoms with Crippen LogP contribution in [0, 0.1) is 11.2 Å². The quantitative estimate of drug-likeness (QED) is 0.875. The Bertz CT molecular complexity index is 482. The van der Waals surface area contributed by atoms with Crippen molar-refractivity contribution in [1.29, 1.82) is 0 Å². The van der Waals surface area contributed by atoms with Gasteiger partial charge in [0.25, 0.3) is 0 Å². The summed E-state index contributed by atoms with van der Waals surface area (Å²) in [6, 6.07) is 5.17. The van der Waals surface area contributed by atoms with Gasteiger partial charge in [-0.1, -0.05) is 31.4 Å². The van der Waals surface area contributed by atoms with Crippen LogP contribution < -0.4 is 10.6 Å². The highest BCUT2D eigenvalue weighted by Crippen LogP contribution is 2.45. The second-order valence-corrected chi connectivity index (χ2v) is 7.01. The molecule has 116 valence electrons. The summed E-state index contributed by atoms with van der Waals surface area (Å²) in [5, 5.41) is 0. The number of benzene rings is 1. The molecule has 3 heteroatoms. The Morgan fingerprint density at radius 1 is 1.10 bits per heavy atom. The molecule has 0 radical (unpaired) electrons. The third kappa shape index (κ3) is 2.94. The van der Waals surface area contributed by atoms with E-state index in [1.54, 1.807) is 12.1 Å². The van der Waals surface area contributed by atoms with Crippen molar-refractivity contribution in [3.8, 4) is 0 Å². The van der Waals surface area contributed by atoms with Crippen molar-refractivity contribution in [3.05, 3.63) is 29.6 Å². The van der Waals surface area contributed by atoms with Crippen molar-refractivity contribution in [2.75, 3.05) is 18.0 Å². The lowest BCUT2D eigenvalue weighted by atomic mass is 9.68. The van der Waals surface area contributed by atoms with Crippen LogP contribution >= 0.6 is 0 Å². The van der Waals surface area contributed by atoms with Crippen molar-refractivity contribution in [1.82, 2.24) is 0 Å². The van der Waals surface area contributed by atoms with Gasteiger partial charge in [-0.05, 0) is 49.7 Å². The van der Waals surface area contributed by atoms with Gasteiger partial charge in [0, 0.05) is 19.1 Å². The second kappa shape index (κ2) is 5.96. The zero-order valence-electron chi connectivity index (χ0n) is 13.1. The van der Waals surface area contributed by atoms with Gasteiger partial charge in [-0.15, -0.1) is 0 Å². The topological polar surface area (TPSA) is 29.3 Å². The number of anilines is 1. The van der Waals surface area contributed by atoms with Crippen LogP contribution in [0.1, 0.15) is 63.5 Å². The largest absolute Gasteiger partial charge is 0.369 e. The van der Waals surface area contributed by atoms with Crippen molar-refractivity contribution >= 4 is 5.69 Å². The van der Waals surface area contributed by atoms with Crippen LogP contribution in [0.25, 0.3) is 0 Å². The summed E-state index contributed by atoms with van der Waals surface area (Å²) in [6.07, 6.45) is 9.32. The molecule has 0 aromatic heterocycles. The molecule has 1 aliphatic carbocycles. The predicted octanol–water partition coefficient (Wildman–Crippen LogP) is 4.40. The molecule has 21 heavy (non-hydrogen) atoms. The van der Waals surface area contributed by atoms with Gasteiger partial charge in [0.1, 0.15) is 5.82 Å². The predicted molar refractivity (Wildman–Crippen MR) is 86.0 cm³/mol. The summed E-state index contributed by atoms with van der Waals surface area (Å²) >= 11 is 0. The van der Waals surface area contributed by atoms with Gasteiger partial charge in [0.05, 0.1) is 5.69 Å². The Morgan fingerprint density at radius 3 is 2.38 bits per heavy atom. The molecule has 3 rings (SSSR count). The molecule has 1 aromatic rings. The highest BCUT2D eigenvalue weighted by Gasteiger charge is 2.36. The van der Waals surface area contributed by atoms with Crippen LogP contribution in [0.2, 0.25) is 0 Å². The van der Waals surface area contributed by atoms with Crippen molar-refractivity contribution in [3.63, 3.8) is 0 Å². The molecule has 1 atom stereocenters. The Hall–Kier alpha value is -1.09. The molecule has 1 saturated carbocycles. The minimum Gasteiger partial charge on any atom is -0.369 e. The van der Waals surface area contributed by atoms with Gasteiger partial charge in [-0.3, -0.25) is 0 Å². The second-order valence-electron chi connectivity index (χ2n) is 7.01. The van der Waals surface area contributed by atoms with E-state index in [2.05, 4.69) is 4.90 Å². The van der Waals surface area contributed by atoms with E-state index in [0.717, 1.165) is 24.3 Å². The first kappa shape index (κ1) is 14.8. The average molecular weight is 290 g/mol. The third-order valence-corrected chi connectivity index (χ3v) is 5.56. The molecular weight excluding hydrogens is 263 g/mol. The van der Waals surface area contributed by atoms with Crippen LogP contribution in [0.4, 0.5) is 10.1 Å². The standard InChI is InChI=1S/C18H27FN2/c1-14(20)15-6-5-7-16(19)17(15)21-12-10-18(11-13-21)8-3-2-4-9-18/h5-7,14H,2-4,8-13,20H2,1H3/t14-/m1/s1. The van der Waals surface area contributed by atoms with Gasteiger partial charge < -0.3 is 10.6 Å². The molecule has 2 aliphatic rings. The molecule has 1 aromatic carbocycles. The molecule has 0 amide bonds. The summed E-state index contributed by atoms with van der Waals surface area (Å²) in [7, 11) is 0. The first-order valence-corrected chi connectivity index (χ1v) is 8.40. The van der Waals surface area contributed by atoms with E-state index in [-0.39, 0.29) is 11.9 Å². The first-order valence-electron chi connectivity index (χ1n) is 8.40. The van der Waals surface area contributed by atoms with E-state index in [4.69, 9.17) is 5.73 Å². The average Bonchev–Trinajstić information content (AvgIpc) is 2.49. The van der Waals surface area contributed by atoms with E-state index in [1.807, 2.05) is 13.0 Å². The van der Waals surface area contributed by atoms with Gasteiger partial charge in [0.2, 0.25) is 0 Å². The zero-order valence-corrected chi connectivity index (χ0v) is 13.1. The van der Waals surface area contributed by atoms with Crippen molar-refractivity contribution in [2.45, 2.75) is 57.9 Å². The number of hydrogen-bond acceptors (Lipinski definition) is 2. The lowest BCUT2D eigenvalue weighted by molar-refractivity contribution is 0.144. The van der Waals surface area contributed by atoms with E-state index in [0.29, 0.717) is 5.41 Å². The van der Waals surface area contributed by atoms with Crippen LogP contribution in [0.15, 0.2) is 18.2 Å². The van der Waals surface area contributed by atoms with E-state index < -0.39 is 0 Å². The molecule has 0 bridgehead atoms. The summed E-state index contributed by atoms with van der Waals surface area (Å²) in [5.74, 6) is -0.121. The monoisotopic (exact) mass is 290 g/mol. The molecule has 1 aliphatic heterocycles. The molecule has 2 N–H and O–H groups in total. The smallest absolute Gasteiger partial charge is 0.146 e. The van der Waals surface area contributed by atoms with Gasteiger partial charge in [-0.25, -0.2) is 4.39 Å². The van der Waals surface area contributed by atoms with E-state index in [1.165, 1.54) is 44.9 Å². The maximum Gasteiger partial charge on any atom is 0.146 e. The molecule has 1 saturated heterocycles. The summed E-state index contributed by atoms with van der Waals surface area (Å²) in [6.45, 7) is 3.88. The minimum absolute atomic E-state index is 0.121. The fourth-order valence-electron chi connectivity index (χ4n) is 4.24. The zero-order chi connectivity index (χ0) is 14.9. The molecular formula is C18H27FN2.